The molecule has 0 aliphatic carbocycles. The van der Waals surface area contributed by atoms with Gasteiger partial charge in [0.25, 0.3) is 5.91 Å². The van der Waals surface area contributed by atoms with E-state index < -0.39 is 18.0 Å². The van der Waals surface area contributed by atoms with Crippen molar-refractivity contribution in [1.29, 1.82) is 0 Å². The summed E-state index contributed by atoms with van der Waals surface area (Å²) in [5.74, 6) is -0.0568. The Labute approximate surface area is 158 Å². The van der Waals surface area contributed by atoms with E-state index in [4.69, 9.17) is 0 Å². The highest BCUT2D eigenvalue weighted by atomic mass is 19.4. The van der Waals surface area contributed by atoms with Gasteiger partial charge in [0.05, 0.1) is 5.56 Å². The maximum absolute atomic E-state index is 12.4. The van der Waals surface area contributed by atoms with Crippen LogP contribution in [0.25, 0.3) is 5.82 Å². The zero-order valence-corrected chi connectivity index (χ0v) is 14.5. The lowest BCUT2D eigenvalue weighted by Crippen LogP contribution is -2.30. The van der Waals surface area contributed by atoms with Crippen LogP contribution in [0.1, 0.15) is 10.4 Å². The first-order valence-corrected chi connectivity index (χ1v) is 8.26. The van der Waals surface area contributed by atoms with Crippen molar-refractivity contribution in [2.24, 2.45) is 0 Å². The van der Waals surface area contributed by atoms with Gasteiger partial charge in [-0.1, -0.05) is 12.1 Å². The van der Waals surface area contributed by atoms with E-state index in [9.17, 15) is 18.0 Å². The Hall–Kier alpha value is -3.56. The first kappa shape index (κ1) is 19.2. The summed E-state index contributed by atoms with van der Waals surface area (Å²) in [6.07, 6.45) is -1.19. The summed E-state index contributed by atoms with van der Waals surface area (Å²) in [5, 5.41) is 13.6. The van der Waals surface area contributed by atoms with Crippen molar-refractivity contribution in [3.63, 3.8) is 0 Å². The lowest BCUT2D eigenvalue weighted by molar-refractivity contribution is -0.274. The van der Waals surface area contributed by atoms with Crippen molar-refractivity contribution >= 4 is 11.7 Å². The highest BCUT2D eigenvalue weighted by Gasteiger charge is 2.32. The summed E-state index contributed by atoms with van der Waals surface area (Å²) in [6.45, 7) is 0.478. The molecule has 0 spiro atoms. The first-order valence-electron chi connectivity index (χ1n) is 8.26. The van der Waals surface area contributed by atoms with Crippen LogP contribution in [0, 0.1) is 0 Å². The molecule has 0 bridgehead atoms. The van der Waals surface area contributed by atoms with Gasteiger partial charge >= 0.3 is 6.36 Å². The second-order valence-electron chi connectivity index (χ2n) is 5.59. The third kappa shape index (κ3) is 5.22. The topological polar surface area (TPSA) is 81.1 Å². The number of aromatic nitrogens is 3. The zero-order valence-electron chi connectivity index (χ0n) is 14.5. The molecule has 0 fully saturated rings. The van der Waals surface area contributed by atoms with E-state index in [-0.39, 0.29) is 12.1 Å². The Kier molecular flexibility index (Phi) is 5.78. The summed E-state index contributed by atoms with van der Waals surface area (Å²) in [5.41, 5.74) is -0.198. The molecular weight excluding hydrogens is 375 g/mol. The number of amides is 1. The fourth-order valence-electron chi connectivity index (χ4n) is 2.37. The number of hydrogen-bond acceptors (Lipinski definition) is 5. The SMILES string of the molecule is O=C(NCCNc1ccc(-n2cccc2)nn1)c1ccccc1OC(F)(F)F. The van der Waals surface area contributed by atoms with Gasteiger partial charge in [0, 0.05) is 25.5 Å². The van der Waals surface area contributed by atoms with Crippen molar-refractivity contribution in [3.05, 3.63) is 66.5 Å². The van der Waals surface area contributed by atoms with Gasteiger partial charge in [0.2, 0.25) is 0 Å². The molecule has 3 aromatic rings. The van der Waals surface area contributed by atoms with E-state index in [1.54, 1.807) is 16.7 Å². The van der Waals surface area contributed by atoms with Gasteiger partial charge in [-0.25, -0.2) is 0 Å². The first-order chi connectivity index (χ1) is 13.4. The second kappa shape index (κ2) is 8.42. The molecule has 2 heterocycles. The molecule has 1 aromatic carbocycles. The molecule has 0 aliphatic heterocycles. The molecule has 0 unspecified atom stereocenters. The van der Waals surface area contributed by atoms with Crippen molar-refractivity contribution < 1.29 is 22.7 Å². The lowest BCUT2D eigenvalue weighted by atomic mass is 10.2. The predicted molar refractivity (Wildman–Crippen MR) is 95.3 cm³/mol. The van der Waals surface area contributed by atoms with Crippen molar-refractivity contribution in [3.8, 4) is 11.6 Å². The minimum absolute atomic E-state index is 0.167. The number of halogens is 3. The number of anilines is 1. The molecule has 28 heavy (non-hydrogen) atoms. The summed E-state index contributed by atoms with van der Waals surface area (Å²) in [7, 11) is 0. The average Bonchev–Trinajstić information content (AvgIpc) is 3.19. The van der Waals surface area contributed by atoms with Gasteiger partial charge in [-0.3, -0.25) is 4.79 Å². The Morgan fingerprint density at radius 3 is 2.43 bits per heavy atom. The number of nitrogens with zero attached hydrogens (tertiary/aromatic N) is 3. The standard InChI is InChI=1S/C18H16F3N5O2/c19-18(20,21)28-14-6-2-1-5-13(14)17(27)23-10-9-22-15-7-8-16(25-24-15)26-11-3-4-12-26/h1-8,11-12H,9-10H2,(H,22,24)(H,23,27). The van der Waals surface area contributed by atoms with Gasteiger partial charge in [0.15, 0.2) is 5.82 Å². The molecule has 0 saturated heterocycles. The molecule has 1 amide bonds. The number of alkyl halides is 3. The van der Waals surface area contributed by atoms with Crippen LogP contribution in [0.4, 0.5) is 19.0 Å². The summed E-state index contributed by atoms with van der Waals surface area (Å²) >= 11 is 0. The minimum atomic E-state index is -4.87. The van der Waals surface area contributed by atoms with E-state index in [2.05, 4.69) is 25.6 Å². The van der Waals surface area contributed by atoms with Crippen LogP contribution in [0.3, 0.4) is 0 Å². The van der Waals surface area contributed by atoms with E-state index in [0.29, 0.717) is 18.2 Å². The molecule has 10 heteroatoms. The number of hydrogen-bond donors (Lipinski definition) is 2. The van der Waals surface area contributed by atoms with Gasteiger partial charge < -0.3 is 19.9 Å². The van der Waals surface area contributed by atoms with Crippen molar-refractivity contribution in [2.45, 2.75) is 6.36 Å². The quantitative estimate of drug-likeness (QED) is 0.605. The average molecular weight is 391 g/mol. The molecule has 146 valence electrons. The summed E-state index contributed by atoms with van der Waals surface area (Å²) < 4.78 is 42.9. The molecule has 2 N–H and O–H groups in total. The molecule has 0 radical (unpaired) electrons. The normalized spacial score (nSPS) is 11.1. The van der Waals surface area contributed by atoms with Gasteiger partial charge in [0.1, 0.15) is 11.6 Å². The van der Waals surface area contributed by atoms with E-state index >= 15 is 0 Å². The Bertz CT molecular complexity index is 912. The molecule has 0 aliphatic rings. The van der Waals surface area contributed by atoms with E-state index in [1.165, 1.54) is 18.2 Å². The molecule has 3 rings (SSSR count). The lowest BCUT2D eigenvalue weighted by Gasteiger charge is -2.13. The van der Waals surface area contributed by atoms with Crippen molar-refractivity contribution in [1.82, 2.24) is 20.1 Å². The number of nitrogens with one attached hydrogen (secondary N) is 2. The summed E-state index contributed by atoms with van der Waals surface area (Å²) in [6, 6.07) is 12.4. The highest BCUT2D eigenvalue weighted by Crippen LogP contribution is 2.26. The molecule has 2 aromatic heterocycles. The number of benzene rings is 1. The number of para-hydroxylation sites is 1. The zero-order chi connectivity index (χ0) is 20.0. The Balaban J connectivity index is 1.50. The maximum atomic E-state index is 12.4. The van der Waals surface area contributed by atoms with E-state index in [1.807, 2.05) is 24.5 Å². The summed E-state index contributed by atoms with van der Waals surface area (Å²) in [4.78, 5) is 12.1. The largest absolute Gasteiger partial charge is 0.573 e. The fourth-order valence-corrected chi connectivity index (χ4v) is 2.37. The van der Waals surface area contributed by atoms with Gasteiger partial charge in [-0.15, -0.1) is 23.4 Å². The van der Waals surface area contributed by atoms with Gasteiger partial charge in [-0.2, -0.15) is 0 Å². The van der Waals surface area contributed by atoms with Crippen LogP contribution in [0.15, 0.2) is 60.9 Å². The van der Waals surface area contributed by atoms with Crippen LogP contribution in [-0.2, 0) is 0 Å². The monoisotopic (exact) mass is 391 g/mol. The minimum Gasteiger partial charge on any atom is -0.405 e. The van der Waals surface area contributed by atoms with Gasteiger partial charge in [-0.05, 0) is 36.4 Å². The molecule has 0 saturated carbocycles. The number of ether oxygens (including phenoxy) is 1. The van der Waals surface area contributed by atoms with Crippen LogP contribution < -0.4 is 15.4 Å². The maximum Gasteiger partial charge on any atom is 0.573 e. The Morgan fingerprint density at radius 2 is 1.75 bits per heavy atom. The fraction of sp³-hybridized carbons (Fsp3) is 0.167. The van der Waals surface area contributed by atoms with E-state index in [0.717, 1.165) is 6.07 Å². The van der Waals surface area contributed by atoms with Crippen LogP contribution in [0.2, 0.25) is 0 Å². The smallest absolute Gasteiger partial charge is 0.405 e. The third-order valence-corrected chi connectivity index (χ3v) is 3.59. The van der Waals surface area contributed by atoms with Crippen molar-refractivity contribution in [2.75, 3.05) is 18.4 Å². The van der Waals surface area contributed by atoms with Crippen LogP contribution in [-0.4, -0.2) is 40.1 Å². The Morgan fingerprint density at radius 1 is 1.00 bits per heavy atom. The highest BCUT2D eigenvalue weighted by molar-refractivity contribution is 5.96. The van der Waals surface area contributed by atoms with Crippen LogP contribution >= 0.6 is 0 Å². The number of carbonyl (C=O) groups is 1. The second-order valence-corrected chi connectivity index (χ2v) is 5.59. The number of carbonyl (C=O) groups excluding carboxylic acids is 1. The van der Waals surface area contributed by atoms with Crippen LogP contribution in [0.5, 0.6) is 5.75 Å². The predicted octanol–water partition coefficient (Wildman–Crippen LogP) is 3.01. The molecule has 0 atom stereocenters. The molecule has 7 nitrogen and oxygen atoms in total. The molecular formula is C18H16F3N5O2. The third-order valence-electron chi connectivity index (χ3n) is 3.59. The number of rotatable bonds is 7.